The summed E-state index contributed by atoms with van der Waals surface area (Å²) >= 11 is 0. The maximum absolute atomic E-state index is 5.08. The molecule has 0 unspecified atom stereocenters. The fourth-order valence-corrected chi connectivity index (χ4v) is 3.92. The molecular weight excluding hydrogens is 356 g/mol. The quantitative estimate of drug-likeness (QED) is 0.544. The second-order valence-electron chi connectivity index (χ2n) is 7.22. The van der Waals surface area contributed by atoms with Gasteiger partial charge in [-0.1, -0.05) is 62.4 Å². The molecule has 0 saturated heterocycles. The zero-order valence-corrected chi connectivity index (χ0v) is 17.3. The maximum Gasteiger partial charge on any atom is 0.159 e. The van der Waals surface area contributed by atoms with Crippen molar-refractivity contribution in [3.63, 3.8) is 0 Å². The Balaban J connectivity index is 1.77. The molecule has 0 bridgehead atoms. The molecule has 0 radical (unpaired) electrons. The summed E-state index contributed by atoms with van der Waals surface area (Å²) in [6.07, 6.45) is 2.94. The van der Waals surface area contributed by atoms with Crippen molar-refractivity contribution in [2.75, 3.05) is 31.1 Å². The fourth-order valence-electron chi connectivity index (χ4n) is 3.92. The standard InChI is InChI=1S/C25H28N4/c1-3-28(4-2)18-11-19-29-23-16-9-8-14-21(23)24(20-12-6-5-7-13-20)27-22-15-10-17-26-25(22)29/h5-10,12-17H,3-4,11,18-19H2,1-2H3. The minimum atomic E-state index is 0.912. The summed E-state index contributed by atoms with van der Waals surface area (Å²) in [6, 6.07) is 23.0. The Kier molecular flexibility index (Phi) is 6.01. The number of aromatic nitrogens is 1. The topological polar surface area (TPSA) is 31.7 Å². The number of fused-ring (bicyclic) bond motifs is 2. The van der Waals surface area contributed by atoms with E-state index in [2.05, 4.69) is 78.2 Å². The van der Waals surface area contributed by atoms with Crippen LogP contribution in [0.4, 0.5) is 17.2 Å². The van der Waals surface area contributed by atoms with Gasteiger partial charge in [-0.3, -0.25) is 0 Å². The van der Waals surface area contributed by atoms with Crippen molar-refractivity contribution in [1.82, 2.24) is 9.88 Å². The van der Waals surface area contributed by atoms with Crippen molar-refractivity contribution >= 4 is 22.9 Å². The van der Waals surface area contributed by atoms with E-state index in [1.54, 1.807) is 0 Å². The molecule has 4 rings (SSSR count). The van der Waals surface area contributed by atoms with Crippen LogP contribution in [0.15, 0.2) is 77.9 Å². The van der Waals surface area contributed by atoms with Gasteiger partial charge in [0.05, 0.1) is 11.4 Å². The number of hydrogen-bond acceptors (Lipinski definition) is 4. The Morgan fingerprint density at radius 1 is 0.862 bits per heavy atom. The summed E-state index contributed by atoms with van der Waals surface area (Å²) in [5, 5.41) is 0. The first kappa shape index (κ1) is 19.3. The smallest absolute Gasteiger partial charge is 0.159 e. The molecule has 2 heterocycles. The maximum atomic E-state index is 5.08. The molecule has 0 fully saturated rings. The lowest BCUT2D eigenvalue weighted by Gasteiger charge is -2.27. The van der Waals surface area contributed by atoms with E-state index < -0.39 is 0 Å². The third-order valence-electron chi connectivity index (χ3n) is 5.50. The predicted octanol–water partition coefficient (Wildman–Crippen LogP) is 5.43. The number of hydrogen-bond donors (Lipinski definition) is 0. The Bertz CT molecular complexity index is 977. The van der Waals surface area contributed by atoms with E-state index in [0.29, 0.717) is 0 Å². The first-order valence-electron chi connectivity index (χ1n) is 10.5. The van der Waals surface area contributed by atoms with Gasteiger partial charge < -0.3 is 9.80 Å². The Morgan fingerprint density at radius 2 is 1.62 bits per heavy atom. The fraction of sp³-hybridized carbons (Fsp3) is 0.280. The molecule has 0 atom stereocenters. The van der Waals surface area contributed by atoms with E-state index in [-0.39, 0.29) is 0 Å². The van der Waals surface area contributed by atoms with Gasteiger partial charge in [0.2, 0.25) is 0 Å². The second kappa shape index (κ2) is 9.01. The van der Waals surface area contributed by atoms with Gasteiger partial charge in [-0.25, -0.2) is 9.98 Å². The minimum absolute atomic E-state index is 0.912. The van der Waals surface area contributed by atoms with Crippen LogP contribution in [-0.2, 0) is 0 Å². The highest BCUT2D eigenvalue weighted by molar-refractivity contribution is 6.18. The van der Waals surface area contributed by atoms with Crippen LogP contribution >= 0.6 is 0 Å². The number of rotatable bonds is 7. The first-order chi connectivity index (χ1) is 14.3. The highest BCUT2D eigenvalue weighted by atomic mass is 15.2. The van der Waals surface area contributed by atoms with Crippen LogP contribution in [0.3, 0.4) is 0 Å². The third-order valence-corrected chi connectivity index (χ3v) is 5.50. The molecule has 0 N–H and O–H groups in total. The van der Waals surface area contributed by atoms with E-state index in [1.165, 1.54) is 5.69 Å². The zero-order chi connectivity index (χ0) is 20.1. The van der Waals surface area contributed by atoms with Crippen molar-refractivity contribution < 1.29 is 0 Å². The van der Waals surface area contributed by atoms with Gasteiger partial charge in [-0.15, -0.1) is 0 Å². The Hall–Kier alpha value is -2.98. The van der Waals surface area contributed by atoms with Crippen LogP contribution < -0.4 is 4.90 Å². The van der Waals surface area contributed by atoms with Crippen LogP contribution in [0, 0.1) is 0 Å². The van der Waals surface area contributed by atoms with E-state index in [0.717, 1.165) is 60.9 Å². The number of pyridine rings is 1. The molecule has 0 spiro atoms. The van der Waals surface area contributed by atoms with E-state index in [9.17, 15) is 0 Å². The molecule has 3 aromatic rings. The molecule has 0 saturated carbocycles. The van der Waals surface area contributed by atoms with Crippen LogP contribution in [-0.4, -0.2) is 41.8 Å². The van der Waals surface area contributed by atoms with Crippen molar-refractivity contribution in [3.05, 3.63) is 84.1 Å². The number of nitrogens with zero attached hydrogens (tertiary/aromatic N) is 4. The van der Waals surface area contributed by atoms with E-state index in [1.807, 2.05) is 18.3 Å². The van der Waals surface area contributed by atoms with Gasteiger partial charge in [0.1, 0.15) is 5.69 Å². The van der Waals surface area contributed by atoms with Crippen molar-refractivity contribution in [2.24, 2.45) is 4.99 Å². The summed E-state index contributed by atoms with van der Waals surface area (Å²) in [6.45, 7) is 8.62. The van der Waals surface area contributed by atoms with Crippen LogP contribution in [0.1, 0.15) is 31.4 Å². The van der Waals surface area contributed by atoms with E-state index in [4.69, 9.17) is 9.98 Å². The highest BCUT2D eigenvalue weighted by Gasteiger charge is 2.24. The molecule has 0 aliphatic carbocycles. The molecule has 0 amide bonds. The molecule has 1 aromatic heterocycles. The average molecular weight is 385 g/mol. The van der Waals surface area contributed by atoms with Gasteiger partial charge in [-0.2, -0.15) is 0 Å². The van der Waals surface area contributed by atoms with Gasteiger partial charge in [0.15, 0.2) is 5.82 Å². The molecule has 1 aliphatic rings. The zero-order valence-electron chi connectivity index (χ0n) is 17.3. The van der Waals surface area contributed by atoms with Gasteiger partial charge in [0, 0.05) is 23.9 Å². The van der Waals surface area contributed by atoms with Crippen molar-refractivity contribution in [1.29, 1.82) is 0 Å². The summed E-state index contributed by atoms with van der Waals surface area (Å²) in [7, 11) is 0. The number of anilines is 2. The normalized spacial score (nSPS) is 12.9. The monoisotopic (exact) mass is 384 g/mol. The van der Waals surface area contributed by atoms with Gasteiger partial charge in [0.25, 0.3) is 0 Å². The molecule has 148 valence electrons. The summed E-state index contributed by atoms with van der Waals surface area (Å²) in [5.41, 5.74) is 5.37. The molecule has 4 heteroatoms. The molecule has 4 nitrogen and oxygen atoms in total. The van der Waals surface area contributed by atoms with Crippen LogP contribution in [0.5, 0.6) is 0 Å². The van der Waals surface area contributed by atoms with Crippen molar-refractivity contribution in [2.45, 2.75) is 20.3 Å². The average Bonchev–Trinajstić information content (AvgIpc) is 2.92. The summed E-state index contributed by atoms with van der Waals surface area (Å²) in [4.78, 5) is 14.6. The van der Waals surface area contributed by atoms with Crippen LogP contribution in [0.25, 0.3) is 0 Å². The first-order valence-corrected chi connectivity index (χ1v) is 10.5. The second-order valence-corrected chi connectivity index (χ2v) is 7.22. The number of para-hydroxylation sites is 1. The Morgan fingerprint density at radius 3 is 2.41 bits per heavy atom. The summed E-state index contributed by atoms with van der Waals surface area (Å²) in [5.74, 6) is 0.936. The minimum Gasteiger partial charge on any atom is -0.324 e. The predicted molar refractivity (Wildman–Crippen MR) is 122 cm³/mol. The number of aliphatic imine (C=N–C) groups is 1. The van der Waals surface area contributed by atoms with Crippen LogP contribution in [0.2, 0.25) is 0 Å². The lowest BCUT2D eigenvalue weighted by Crippen LogP contribution is -2.28. The SMILES string of the molecule is CCN(CC)CCCN1c2ccccc2C(c2ccccc2)=Nc2cccnc21. The van der Waals surface area contributed by atoms with Gasteiger partial charge >= 0.3 is 0 Å². The van der Waals surface area contributed by atoms with E-state index >= 15 is 0 Å². The third kappa shape index (κ3) is 4.08. The molecule has 2 aromatic carbocycles. The lowest BCUT2D eigenvalue weighted by molar-refractivity contribution is 0.301. The highest BCUT2D eigenvalue weighted by Crippen LogP contribution is 2.39. The van der Waals surface area contributed by atoms with Crippen molar-refractivity contribution in [3.8, 4) is 0 Å². The summed E-state index contributed by atoms with van der Waals surface area (Å²) < 4.78 is 0. The Labute approximate surface area is 173 Å². The van der Waals surface area contributed by atoms with Gasteiger partial charge in [-0.05, 0) is 44.3 Å². The molecular formula is C25H28N4. The lowest BCUT2D eigenvalue weighted by atomic mass is 10.00. The molecule has 1 aliphatic heterocycles. The molecule has 29 heavy (non-hydrogen) atoms. The largest absolute Gasteiger partial charge is 0.324 e. The number of benzene rings is 2.